The van der Waals surface area contributed by atoms with Crippen LogP contribution in [0.25, 0.3) is 11.3 Å². The molecule has 0 N–H and O–H groups in total. The Labute approximate surface area is 99.1 Å². The van der Waals surface area contributed by atoms with Crippen LogP contribution in [0.1, 0.15) is 0 Å². The highest BCUT2D eigenvalue weighted by atomic mass is 127. The topological polar surface area (TPSA) is 17.8 Å². The monoisotopic (exact) mass is 320 g/mol. The largest absolute Gasteiger partial charge is 0.381 e. The van der Waals surface area contributed by atoms with E-state index in [1.165, 1.54) is 6.20 Å². The molecule has 0 aliphatic carbocycles. The third-order valence-electron chi connectivity index (χ3n) is 1.94. The zero-order chi connectivity index (χ0) is 10.9. The van der Waals surface area contributed by atoms with Gasteiger partial charge in [-0.2, -0.15) is 8.78 Å². The smallest absolute Gasteiger partial charge is 0.268 e. The first kappa shape index (κ1) is 10.5. The quantitative estimate of drug-likeness (QED) is 0.612. The second kappa shape index (κ2) is 3.88. The van der Waals surface area contributed by atoms with Crippen molar-refractivity contribution in [3.05, 3.63) is 42.9 Å². The van der Waals surface area contributed by atoms with Crippen molar-refractivity contribution >= 4 is 22.6 Å². The molecule has 2 rings (SSSR count). The lowest BCUT2D eigenvalue weighted by atomic mass is 10.2. The van der Waals surface area contributed by atoms with E-state index in [1.807, 2.05) is 30.3 Å². The van der Waals surface area contributed by atoms with Crippen molar-refractivity contribution in [3.8, 4) is 11.3 Å². The van der Waals surface area contributed by atoms with E-state index in [-0.39, 0.29) is 0 Å². The Balaban J connectivity index is 2.37. The molecule has 2 nitrogen and oxygen atoms in total. The molecule has 1 heterocycles. The molecule has 0 bridgehead atoms. The number of nitrogens with zero attached hydrogens (tertiary/aromatic N) is 2. The molecule has 15 heavy (non-hydrogen) atoms. The van der Waals surface area contributed by atoms with Gasteiger partial charge in [-0.3, -0.25) is 4.57 Å². The van der Waals surface area contributed by atoms with Crippen LogP contribution in [0.2, 0.25) is 0 Å². The highest BCUT2D eigenvalue weighted by molar-refractivity contribution is 14.1. The van der Waals surface area contributed by atoms with Crippen LogP contribution in [-0.4, -0.2) is 9.55 Å². The third-order valence-corrected chi connectivity index (χ3v) is 2.50. The summed E-state index contributed by atoms with van der Waals surface area (Å²) in [7, 11) is 0. The molecule has 0 aliphatic rings. The predicted octanol–water partition coefficient (Wildman–Crippen LogP) is 3.49. The molecule has 5 heteroatoms. The van der Waals surface area contributed by atoms with E-state index in [1.54, 1.807) is 0 Å². The van der Waals surface area contributed by atoms with E-state index in [2.05, 4.69) is 4.98 Å². The molecular weight excluding hydrogens is 313 g/mol. The maximum atomic E-state index is 12.9. The van der Waals surface area contributed by atoms with Crippen LogP contribution in [-0.2, 0) is 4.05 Å². The first-order valence-corrected chi connectivity index (χ1v) is 5.32. The highest BCUT2D eigenvalue weighted by Crippen LogP contribution is 2.30. The summed E-state index contributed by atoms with van der Waals surface area (Å²) in [6, 6.07) is 9.22. The van der Waals surface area contributed by atoms with Crippen LogP contribution in [0.5, 0.6) is 0 Å². The fourth-order valence-corrected chi connectivity index (χ4v) is 1.48. The number of halogens is 3. The number of hydrogen-bond donors (Lipinski definition) is 0. The number of rotatable bonds is 2. The zero-order valence-electron chi connectivity index (χ0n) is 7.57. The van der Waals surface area contributed by atoms with Gasteiger partial charge in [0.25, 0.3) is 0 Å². The summed E-state index contributed by atoms with van der Waals surface area (Å²) in [6.45, 7) is 0. The normalized spacial score (nSPS) is 11.7. The molecule has 0 fully saturated rings. The molecule has 1 aromatic carbocycles. The predicted molar refractivity (Wildman–Crippen MR) is 61.9 cm³/mol. The summed E-state index contributed by atoms with van der Waals surface area (Å²) in [5.74, 6) is 0. The Kier molecular flexibility index (Phi) is 2.72. The van der Waals surface area contributed by atoms with Crippen molar-refractivity contribution in [2.75, 3.05) is 0 Å². The van der Waals surface area contributed by atoms with Gasteiger partial charge in [0, 0.05) is 34.4 Å². The number of benzene rings is 1. The maximum Gasteiger partial charge on any atom is 0.381 e. The lowest BCUT2D eigenvalue weighted by molar-refractivity contribution is 0.0460. The lowest BCUT2D eigenvalue weighted by Gasteiger charge is -2.07. The van der Waals surface area contributed by atoms with Crippen LogP contribution in [0.4, 0.5) is 8.78 Å². The van der Waals surface area contributed by atoms with Crippen molar-refractivity contribution in [2.45, 2.75) is 4.05 Å². The second-order valence-electron chi connectivity index (χ2n) is 3.00. The van der Waals surface area contributed by atoms with E-state index in [9.17, 15) is 8.78 Å². The Hall–Kier alpha value is -0.980. The van der Waals surface area contributed by atoms with Crippen LogP contribution >= 0.6 is 22.6 Å². The Morgan fingerprint density at radius 3 is 2.40 bits per heavy atom. The molecule has 78 valence electrons. The van der Waals surface area contributed by atoms with Crippen molar-refractivity contribution < 1.29 is 8.78 Å². The molecule has 0 saturated heterocycles. The van der Waals surface area contributed by atoms with Crippen LogP contribution in [0.15, 0.2) is 42.9 Å². The van der Waals surface area contributed by atoms with Gasteiger partial charge in [0.2, 0.25) is 0 Å². The SMILES string of the molecule is FC(F)(I)n1cnc(-c2ccccc2)c1. The fraction of sp³-hybridized carbons (Fsp3) is 0.100. The molecule has 0 unspecified atom stereocenters. The van der Waals surface area contributed by atoms with Crippen molar-refractivity contribution in [2.24, 2.45) is 0 Å². The van der Waals surface area contributed by atoms with Crippen LogP contribution in [0.3, 0.4) is 0 Å². The van der Waals surface area contributed by atoms with E-state index in [0.29, 0.717) is 5.69 Å². The molecule has 0 amide bonds. The average Bonchev–Trinajstić information content (AvgIpc) is 2.67. The molecule has 0 aliphatic heterocycles. The third kappa shape index (κ3) is 2.34. The van der Waals surface area contributed by atoms with E-state index >= 15 is 0 Å². The lowest BCUT2D eigenvalue weighted by Crippen LogP contribution is -2.11. The first-order chi connectivity index (χ1) is 7.07. The number of aromatic nitrogens is 2. The number of hydrogen-bond acceptors (Lipinski definition) is 1. The van der Waals surface area contributed by atoms with E-state index in [0.717, 1.165) is 39.0 Å². The van der Waals surface area contributed by atoms with Gasteiger partial charge < -0.3 is 0 Å². The maximum absolute atomic E-state index is 12.9. The van der Waals surface area contributed by atoms with Gasteiger partial charge in [-0.15, -0.1) is 0 Å². The van der Waals surface area contributed by atoms with Gasteiger partial charge in [0.05, 0.1) is 5.69 Å². The Morgan fingerprint density at radius 2 is 1.87 bits per heavy atom. The van der Waals surface area contributed by atoms with E-state index < -0.39 is 4.05 Å². The van der Waals surface area contributed by atoms with Crippen molar-refractivity contribution in [1.82, 2.24) is 9.55 Å². The molecule has 0 atom stereocenters. The molecule has 2 aromatic rings. The minimum Gasteiger partial charge on any atom is -0.268 e. The summed E-state index contributed by atoms with van der Waals surface area (Å²) in [4.78, 5) is 3.93. The minimum atomic E-state index is -2.93. The second-order valence-corrected chi connectivity index (χ2v) is 4.30. The molecule has 0 radical (unpaired) electrons. The molecule has 1 aromatic heterocycles. The number of imidazole rings is 1. The van der Waals surface area contributed by atoms with E-state index in [4.69, 9.17) is 0 Å². The summed E-state index contributed by atoms with van der Waals surface area (Å²) in [5.41, 5.74) is 1.38. The van der Waals surface area contributed by atoms with Crippen molar-refractivity contribution in [1.29, 1.82) is 0 Å². The average molecular weight is 320 g/mol. The van der Waals surface area contributed by atoms with Gasteiger partial charge in [-0.25, -0.2) is 4.98 Å². The van der Waals surface area contributed by atoms with Gasteiger partial charge in [-0.05, 0) is 0 Å². The molecular formula is C10H7F2IN2. The summed E-state index contributed by atoms with van der Waals surface area (Å²) in [5, 5.41) is 0. The van der Waals surface area contributed by atoms with Gasteiger partial charge in [0.15, 0.2) is 0 Å². The number of alkyl halides is 3. The van der Waals surface area contributed by atoms with Crippen molar-refractivity contribution in [3.63, 3.8) is 0 Å². The summed E-state index contributed by atoms with van der Waals surface area (Å²) < 4.78 is 23.6. The first-order valence-electron chi connectivity index (χ1n) is 4.24. The zero-order valence-corrected chi connectivity index (χ0v) is 9.73. The standard InChI is InChI=1S/C10H7F2IN2/c11-10(12,13)15-6-9(14-7-15)8-4-2-1-3-5-8/h1-7H. The summed E-state index contributed by atoms with van der Waals surface area (Å²) in [6.07, 6.45) is 2.47. The molecule has 0 saturated carbocycles. The Bertz CT molecular complexity index is 448. The molecule has 0 spiro atoms. The van der Waals surface area contributed by atoms with Gasteiger partial charge in [0.1, 0.15) is 6.33 Å². The Morgan fingerprint density at radius 1 is 1.20 bits per heavy atom. The van der Waals surface area contributed by atoms with Gasteiger partial charge >= 0.3 is 4.05 Å². The van der Waals surface area contributed by atoms with Crippen LogP contribution in [0, 0.1) is 0 Å². The fourth-order valence-electron chi connectivity index (χ4n) is 1.22. The summed E-state index contributed by atoms with van der Waals surface area (Å²) >= 11 is 1.06. The minimum absolute atomic E-state index is 0.548. The van der Waals surface area contributed by atoms with Gasteiger partial charge in [-0.1, -0.05) is 30.3 Å². The van der Waals surface area contributed by atoms with Crippen LogP contribution < -0.4 is 0 Å². The highest BCUT2D eigenvalue weighted by Gasteiger charge is 2.26.